The van der Waals surface area contributed by atoms with Crippen molar-refractivity contribution in [1.82, 2.24) is 51.0 Å². The molecule has 0 aromatic carbocycles. The summed E-state index contributed by atoms with van der Waals surface area (Å²) in [4.78, 5) is 31.9. The van der Waals surface area contributed by atoms with E-state index in [0.29, 0.717) is 42.3 Å². The topological polar surface area (TPSA) is 182 Å². The van der Waals surface area contributed by atoms with Crippen LogP contribution in [0.25, 0.3) is 0 Å². The average molecular weight is 1130 g/mol. The first kappa shape index (κ1) is 57.1. The zero-order valence-electron chi connectivity index (χ0n) is 45.9. The molecule has 4 aliphatic heterocycles. The van der Waals surface area contributed by atoms with Crippen molar-refractivity contribution in [2.45, 2.75) is 163 Å². The van der Waals surface area contributed by atoms with Crippen LogP contribution in [0.4, 0.5) is 23.3 Å². The first-order chi connectivity index (χ1) is 36.9. The number of anilines is 4. The molecule has 2 N–H and O–H groups in total. The summed E-state index contributed by atoms with van der Waals surface area (Å²) in [6.07, 6.45) is 27.4. The molecule has 20 heteroatoms. The number of nitrogens with zero attached hydrogens (tertiary/aromatic N) is 12. The maximum Gasteiger partial charge on any atom is 0.267 e. The Balaban J connectivity index is 0.000000119. The molecule has 5 aromatic rings. The van der Waals surface area contributed by atoms with E-state index in [1.807, 2.05) is 39.8 Å². The Kier molecular flexibility index (Phi) is 18.4. The predicted molar refractivity (Wildman–Crippen MR) is 310 cm³/mol. The van der Waals surface area contributed by atoms with Gasteiger partial charge in [0.2, 0.25) is 0 Å². The summed E-state index contributed by atoms with van der Waals surface area (Å²) in [5.41, 5.74) is 6.80. The van der Waals surface area contributed by atoms with Crippen LogP contribution < -0.4 is 30.7 Å². The van der Waals surface area contributed by atoms with Crippen molar-refractivity contribution in [3.63, 3.8) is 0 Å². The third kappa shape index (κ3) is 14.0. The van der Waals surface area contributed by atoms with Gasteiger partial charge in [0.05, 0.1) is 0 Å². The van der Waals surface area contributed by atoms with Gasteiger partial charge < -0.3 is 19.6 Å². The van der Waals surface area contributed by atoms with E-state index in [9.17, 15) is 9.59 Å². The van der Waals surface area contributed by atoms with Gasteiger partial charge in [0.1, 0.15) is 5.82 Å². The lowest BCUT2D eigenvalue weighted by molar-refractivity contribution is 0.340. The molecule has 0 bridgehead atoms. The van der Waals surface area contributed by atoms with E-state index < -0.39 is 0 Å². The van der Waals surface area contributed by atoms with E-state index in [0.717, 1.165) is 103 Å². The fourth-order valence-electron chi connectivity index (χ4n) is 13.9. The maximum absolute atomic E-state index is 11.3. The molecule has 8 fully saturated rings. The minimum atomic E-state index is -0.110. The minimum Gasteiger partial charge on any atom is -0.355 e. The molecular weight excluding hydrogens is 1050 g/mol. The van der Waals surface area contributed by atoms with Gasteiger partial charge >= 0.3 is 0 Å². The minimum absolute atomic E-state index is 0.0801. The van der Waals surface area contributed by atoms with Crippen molar-refractivity contribution in [3.05, 3.63) is 99.5 Å². The Morgan fingerprint density at radius 1 is 0.390 bits per heavy atom. The molecule has 9 heterocycles. The summed E-state index contributed by atoms with van der Waals surface area (Å²) >= 11 is 22.8. The molecule has 4 aliphatic carbocycles. The monoisotopic (exact) mass is 1130 g/mol. The standard InChI is InChI=1S/2C13H18ClN3.2C13H19N3O.C5H4Cl2N2/c1-10-8-11(15-16-12(10)14)17-7-6-13(9-17)4-2-3-5-13;1-10-8-11(14)15-16-12(10)17-7-6-13(9-17)4-2-3-5-13;1-10-8-11(17)14-15-12(10)16-7-6-13(9-16)4-2-3-5-13;1-10-8-11(14-15-12(10)17)16-7-6-13(9-16)4-2-3-5-13;1-3-2-4(6)8-9-5(3)7/h2*8H,2-7,9H2,1H3;8H,2-7,9H2,1H3,(H,14,17);8H,2-7,9H2,1H3,(H,15,17);2H,1H3. The van der Waals surface area contributed by atoms with Crippen molar-refractivity contribution in [3.8, 4) is 0 Å². The van der Waals surface area contributed by atoms with Crippen LogP contribution in [0.5, 0.6) is 0 Å². The zero-order chi connectivity index (χ0) is 54.4. The second-order valence-electron chi connectivity index (χ2n) is 24.0. The SMILES string of the molecule is Cc1cc(=O)[nH]nc1N1CCC2(CCCC2)C1.Cc1cc(Cl)nnc1Cl.Cc1cc(Cl)nnc1N1CCC2(CCCC2)C1.Cc1cc(N2CCC3(CCCC3)C2)n[nH]c1=O.Cc1cc(N2CCC3(CCCC3)C2)nnc1Cl. The van der Waals surface area contributed by atoms with E-state index >= 15 is 0 Å². The first-order valence-electron chi connectivity index (χ1n) is 28.2. The van der Waals surface area contributed by atoms with Crippen LogP contribution in [0, 0.1) is 56.3 Å². The van der Waals surface area contributed by atoms with Crippen LogP contribution in [0.1, 0.15) is 156 Å². The summed E-state index contributed by atoms with van der Waals surface area (Å²) in [7, 11) is 0. The lowest BCUT2D eigenvalue weighted by atomic mass is 9.86. The molecular formula is C57H78Cl4N14O2. The molecule has 4 saturated carbocycles. The molecule has 416 valence electrons. The smallest absolute Gasteiger partial charge is 0.267 e. The van der Waals surface area contributed by atoms with Crippen LogP contribution in [0.3, 0.4) is 0 Å². The molecule has 0 radical (unpaired) electrons. The normalized spacial score (nSPS) is 21.1. The highest BCUT2D eigenvalue weighted by atomic mass is 35.5. The van der Waals surface area contributed by atoms with Gasteiger partial charge in [-0.3, -0.25) is 9.59 Å². The van der Waals surface area contributed by atoms with E-state index in [1.54, 1.807) is 12.1 Å². The molecule has 0 unspecified atom stereocenters. The van der Waals surface area contributed by atoms with Gasteiger partial charge in [0.15, 0.2) is 38.1 Å². The Hall–Kier alpha value is -4.64. The van der Waals surface area contributed by atoms with Crippen molar-refractivity contribution < 1.29 is 0 Å². The third-order valence-electron chi connectivity index (χ3n) is 18.3. The highest BCUT2D eigenvalue weighted by Crippen LogP contribution is 2.49. The fourth-order valence-corrected chi connectivity index (χ4v) is 14.5. The second kappa shape index (κ2) is 24.8. The number of hydrogen-bond donors (Lipinski definition) is 2. The Morgan fingerprint density at radius 3 is 1.22 bits per heavy atom. The predicted octanol–water partition coefficient (Wildman–Crippen LogP) is 12.2. The summed E-state index contributed by atoms with van der Waals surface area (Å²) in [6.45, 7) is 18.6. The van der Waals surface area contributed by atoms with Crippen molar-refractivity contribution in [1.29, 1.82) is 0 Å². The number of aromatic amines is 2. The number of nitrogens with one attached hydrogen (secondary N) is 2. The Labute approximate surface area is 474 Å². The summed E-state index contributed by atoms with van der Waals surface area (Å²) in [5, 5.41) is 38.8. The second-order valence-corrected chi connectivity index (χ2v) is 25.5. The molecule has 8 aliphatic rings. The van der Waals surface area contributed by atoms with E-state index in [1.165, 1.54) is 128 Å². The highest BCUT2D eigenvalue weighted by Gasteiger charge is 2.44. The zero-order valence-corrected chi connectivity index (χ0v) is 48.9. The van der Waals surface area contributed by atoms with Gasteiger partial charge in [-0.2, -0.15) is 10.2 Å². The van der Waals surface area contributed by atoms with E-state index in [4.69, 9.17) is 46.4 Å². The molecule has 77 heavy (non-hydrogen) atoms. The summed E-state index contributed by atoms with van der Waals surface area (Å²) in [6, 6.07) is 9.18. The number of H-pyrrole nitrogens is 2. The Bertz CT molecular complexity index is 2930. The van der Waals surface area contributed by atoms with Crippen molar-refractivity contribution in [2.24, 2.45) is 21.7 Å². The lowest BCUT2D eigenvalue weighted by Gasteiger charge is -2.24. The van der Waals surface area contributed by atoms with Crippen molar-refractivity contribution in [2.75, 3.05) is 72.0 Å². The molecule has 16 nitrogen and oxygen atoms in total. The van der Waals surface area contributed by atoms with E-state index in [-0.39, 0.29) is 11.1 Å². The summed E-state index contributed by atoms with van der Waals surface area (Å²) < 4.78 is 0. The van der Waals surface area contributed by atoms with Gasteiger partial charge in [-0.05, 0) is 180 Å². The van der Waals surface area contributed by atoms with E-state index in [2.05, 4.69) is 83.6 Å². The van der Waals surface area contributed by atoms with Crippen molar-refractivity contribution >= 4 is 69.7 Å². The molecule has 0 atom stereocenters. The number of hydrogen-bond acceptors (Lipinski definition) is 14. The summed E-state index contributed by atoms with van der Waals surface area (Å²) in [5.74, 6) is 3.92. The molecule has 0 amide bonds. The molecule has 13 rings (SSSR count). The fraction of sp³-hybridized carbons (Fsp3) is 0.649. The van der Waals surface area contributed by atoms with Gasteiger partial charge in [0, 0.05) is 64.0 Å². The van der Waals surface area contributed by atoms with Gasteiger partial charge in [-0.25, -0.2) is 10.2 Å². The largest absolute Gasteiger partial charge is 0.355 e. The highest BCUT2D eigenvalue weighted by molar-refractivity contribution is 6.31. The number of aromatic nitrogens is 10. The van der Waals surface area contributed by atoms with Crippen LogP contribution in [0.2, 0.25) is 20.6 Å². The lowest BCUT2D eigenvalue weighted by Crippen LogP contribution is -2.27. The Morgan fingerprint density at radius 2 is 0.779 bits per heavy atom. The van der Waals surface area contributed by atoms with Crippen LogP contribution in [-0.2, 0) is 0 Å². The average Bonchev–Trinajstić information content (AvgIpc) is 4.30. The number of rotatable bonds is 4. The quantitative estimate of drug-likeness (QED) is 0.173. The number of halogens is 4. The van der Waals surface area contributed by atoms with Crippen LogP contribution >= 0.6 is 46.4 Å². The van der Waals surface area contributed by atoms with Gasteiger partial charge in [-0.15, -0.1) is 30.6 Å². The van der Waals surface area contributed by atoms with Gasteiger partial charge in [0.25, 0.3) is 11.1 Å². The molecule has 4 saturated heterocycles. The maximum atomic E-state index is 11.3. The molecule has 4 spiro atoms. The molecule has 5 aromatic heterocycles. The van der Waals surface area contributed by atoms with Crippen LogP contribution in [-0.4, -0.2) is 103 Å². The first-order valence-corrected chi connectivity index (χ1v) is 29.7. The van der Waals surface area contributed by atoms with Crippen LogP contribution in [0.15, 0.2) is 39.9 Å². The van der Waals surface area contributed by atoms with Gasteiger partial charge in [-0.1, -0.05) is 97.8 Å². The third-order valence-corrected chi connectivity index (χ3v) is 19.5. The number of aryl methyl sites for hydroxylation is 5.